The lowest BCUT2D eigenvalue weighted by atomic mass is 9.99. The second kappa shape index (κ2) is 6.73. The van der Waals surface area contributed by atoms with Gasteiger partial charge in [-0.1, -0.05) is 6.07 Å². The molecule has 0 spiro atoms. The van der Waals surface area contributed by atoms with E-state index in [1.54, 1.807) is 29.4 Å². The van der Waals surface area contributed by atoms with Crippen molar-refractivity contribution in [2.75, 3.05) is 6.54 Å². The Bertz CT molecular complexity index is 1290. The lowest BCUT2D eigenvalue weighted by molar-refractivity contribution is 0.0652. The largest absolute Gasteiger partial charge is 0.438 e. The number of aromatic amines is 1. The van der Waals surface area contributed by atoms with Gasteiger partial charge in [-0.05, 0) is 31.0 Å². The fourth-order valence-electron chi connectivity index (χ4n) is 4.34. The van der Waals surface area contributed by atoms with E-state index in [9.17, 15) is 13.6 Å². The summed E-state index contributed by atoms with van der Waals surface area (Å²) in [7, 11) is 0. The maximum absolute atomic E-state index is 13.5. The summed E-state index contributed by atoms with van der Waals surface area (Å²) in [5.41, 5.74) is 3.05. The Morgan fingerprint density at radius 3 is 2.90 bits per heavy atom. The highest BCUT2D eigenvalue weighted by molar-refractivity contribution is 5.93. The predicted molar refractivity (Wildman–Crippen MR) is 104 cm³/mol. The smallest absolute Gasteiger partial charge is 0.292 e. The van der Waals surface area contributed by atoms with Crippen molar-refractivity contribution < 1.29 is 18.0 Å². The molecule has 10 heteroatoms. The van der Waals surface area contributed by atoms with Crippen LogP contribution < -0.4 is 0 Å². The van der Waals surface area contributed by atoms with Crippen LogP contribution in [0.5, 0.6) is 0 Å². The number of H-pyrrole nitrogens is 1. The summed E-state index contributed by atoms with van der Waals surface area (Å²) >= 11 is 0. The van der Waals surface area contributed by atoms with Gasteiger partial charge in [0.05, 0.1) is 28.9 Å². The lowest BCUT2D eigenvalue weighted by Crippen LogP contribution is -2.41. The average Bonchev–Trinajstić information content (AvgIpc) is 3.19. The van der Waals surface area contributed by atoms with Gasteiger partial charge in [-0.15, -0.1) is 0 Å². The molecule has 1 unspecified atom stereocenters. The van der Waals surface area contributed by atoms with Gasteiger partial charge in [0, 0.05) is 24.6 Å². The molecule has 0 radical (unpaired) electrons. The van der Waals surface area contributed by atoms with Crippen molar-refractivity contribution in [1.29, 1.82) is 0 Å². The minimum absolute atomic E-state index is 0.203. The number of imidazole rings is 1. The molecule has 1 fully saturated rings. The van der Waals surface area contributed by atoms with Crippen LogP contribution in [0.25, 0.3) is 5.52 Å². The van der Waals surface area contributed by atoms with Crippen molar-refractivity contribution in [3.63, 3.8) is 0 Å². The highest BCUT2D eigenvalue weighted by Crippen LogP contribution is 2.42. The molecule has 8 nitrogen and oxygen atoms in total. The number of halogens is 2. The number of alkyl halides is 2. The molecule has 5 heterocycles. The molecular weight excluding hydrogens is 406 g/mol. The third-order valence-corrected chi connectivity index (χ3v) is 5.98. The number of nitrogens with one attached hydrogen (secondary N) is 1. The van der Waals surface area contributed by atoms with E-state index in [4.69, 9.17) is 4.42 Å². The summed E-state index contributed by atoms with van der Waals surface area (Å²) in [5.74, 6) is 0.207. The molecule has 0 saturated heterocycles. The minimum atomic E-state index is -2.67. The third-order valence-electron chi connectivity index (χ3n) is 5.98. The number of amides is 1. The summed E-state index contributed by atoms with van der Waals surface area (Å²) in [6.45, 7) is 0.416. The molecule has 31 heavy (non-hydrogen) atoms. The van der Waals surface area contributed by atoms with E-state index in [0.717, 1.165) is 18.5 Å². The summed E-state index contributed by atoms with van der Waals surface area (Å²) in [6.07, 6.45) is 2.79. The zero-order chi connectivity index (χ0) is 21.1. The van der Waals surface area contributed by atoms with E-state index in [2.05, 4.69) is 20.1 Å². The molecule has 0 bridgehead atoms. The summed E-state index contributed by atoms with van der Waals surface area (Å²) in [5, 5.41) is 4.46. The van der Waals surface area contributed by atoms with E-state index >= 15 is 0 Å². The number of aromatic nitrogens is 5. The molecule has 158 valence electrons. The Balaban J connectivity index is 1.47. The van der Waals surface area contributed by atoms with Gasteiger partial charge in [-0.25, -0.2) is 23.3 Å². The molecule has 1 N–H and O–H groups in total. The number of fused-ring (bicyclic) bond motifs is 2. The van der Waals surface area contributed by atoms with Gasteiger partial charge in [0.25, 0.3) is 12.3 Å². The Morgan fingerprint density at radius 1 is 1.23 bits per heavy atom. The number of carbonyl (C=O) groups is 1. The lowest BCUT2D eigenvalue weighted by Gasteiger charge is -2.33. The van der Waals surface area contributed by atoms with Gasteiger partial charge < -0.3 is 14.3 Å². The van der Waals surface area contributed by atoms with E-state index in [1.807, 2.05) is 0 Å². The van der Waals surface area contributed by atoms with Gasteiger partial charge in [-0.2, -0.15) is 5.10 Å². The maximum atomic E-state index is 13.5. The SMILES string of the molecule is O=C(c1ocnc1C1CC1)N1CCc2[nH]cnc2C1c1cc2cccc(C(F)F)n2n1. The molecular formula is C21H18F2N6O2. The van der Waals surface area contributed by atoms with Crippen LogP contribution in [0.4, 0.5) is 8.78 Å². The Hall–Kier alpha value is -3.56. The highest BCUT2D eigenvalue weighted by Gasteiger charge is 2.40. The molecule has 1 saturated carbocycles. The van der Waals surface area contributed by atoms with Gasteiger partial charge in [-0.3, -0.25) is 4.79 Å². The van der Waals surface area contributed by atoms with Crippen LogP contribution in [0.3, 0.4) is 0 Å². The quantitative estimate of drug-likeness (QED) is 0.540. The average molecular weight is 424 g/mol. The number of carbonyl (C=O) groups excluding carboxylic acids is 1. The monoisotopic (exact) mass is 424 g/mol. The fraction of sp³-hybridized carbons (Fsp3) is 0.333. The van der Waals surface area contributed by atoms with Crippen LogP contribution in [0.2, 0.25) is 0 Å². The fourth-order valence-corrected chi connectivity index (χ4v) is 4.34. The number of hydrogen-bond donors (Lipinski definition) is 1. The van der Waals surface area contributed by atoms with Crippen molar-refractivity contribution in [2.24, 2.45) is 0 Å². The van der Waals surface area contributed by atoms with E-state index < -0.39 is 12.5 Å². The number of pyridine rings is 1. The standard InChI is InChI=1S/C21H18F2N6O2/c22-20(23)15-3-1-2-12-8-14(27-29(12)15)18-17-13(24-9-25-17)6-7-28(18)21(30)19-16(11-4-5-11)26-10-31-19/h1-3,8-11,18,20H,4-7H2,(H,24,25). The first-order chi connectivity index (χ1) is 15.1. The van der Waals surface area contributed by atoms with Crippen LogP contribution >= 0.6 is 0 Å². The number of rotatable bonds is 4. The molecule has 1 aliphatic carbocycles. The molecule has 0 aromatic carbocycles. The minimum Gasteiger partial charge on any atom is -0.438 e. The van der Waals surface area contributed by atoms with E-state index in [1.165, 1.54) is 17.0 Å². The van der Waals surface area contributed by atoms with Crippen molar-refractivity contribution in [1.82, 2.24) is 29.5 Å². The van der Waals surface area contributed by atoms with E-state index in [0.29, 0.717) is 35.6 Å². The second-order valence-corrected chi connectivity index (χ2v) is 7.92. The molecule has 1 amide bonds. The molecule has 1 aliphatic heterocycles. The topological polar surface area (TPSA) is 92.3 Å². The summed E-state index contributed by atoms with van der Waals surface area (Å²) < 4.78 is 33.7. The van der Waals surface area contributed by atoms with Gasteiger partial charge >= 0.3 is 0 Å². The van der Waals surface area contributed by atoms with Crippen molar-refractivity contribution in [3.8, 4) is 0 Å². The zero-order valence-electron chi connectivity index (χ0n) is 16.3. The maximum Gasteiger partial charge on any atom is 0.292 e. The molecule has 1 atom stereocenters. The predicted octanol–water partition coefficient (Wildman–Crippen LogP) is 3.65. The van der Waals surface area contributed by atoms with Crippen molar-refractivity contribution >= 4 is 11.4 Å². The van der Waals surface area contributed by atoms with Crippen LogP contribution in [-0.2, 0) is 6.42 Å². The first-order valence-electron chi connectivity index (χ1n) is 10.1. The molecule has 2 aliphatic rings. The van der Waals surface area contributed by atoms with Gasteiger partial charge in [0.15, 0.2) is 6.39 Å². The Morgan fingerprint density at radius 2 is 2.10 bits per heavy atom. The number of hydrogen-bond acceptors (Lipinski definition) is 5. The number of oxazole rings is 1. The van der Waals surface area contributed by atoms with Gasteiger partial charge in [0.2, 0.25) is 5.76 Å². The first kappa shape index (κ1) is 18.2. The Labute approximate surface area is 174 Å². The Kier molecular flexibility index (Phi) is 3.95. The van der Waals surface area contributed by atoms with Gasteiger partial charge in [0.1, 0.15) is 11.7 Å². The normalized spacial score (nSPS) is 18.7. The first-order valence-corrected chi connectivity index (χ1v) is 10.1. The van der Waals surface area contributed by atoms with Crippen LogP contribution in [-0.4, -0.2) is 41.9 Å². The highest BCUT2D eigenvalue weighted by atomic mass is 19.3. The summed E-state index contributed by atoms with van der Waals surface area (Å²) in [6, 6.07) is 5.73. The number of nitrogens with zero attached hydrogens (tertiary/aromatic N) is 5. The zero-order valence-corrected chi connectivity index (χ0v) is 16.3. The molecule has 6 rings (SSSR count). The van der Waals surface area contributed by atoms with Crippen molar-refractivity contribution in [3.05, 3.63) is 71.2 Å². The van der Waals surface area contributed by atoms with Crippen molar-refractivity contribution in [2.45, 2.75) is 37.6 Å². The van der Waals surface area contributed by atoms with Crippen LogP contribution in [0, 0.1) is 0 Å². The van der Waals surface area contributed by atoms with Crippen LogP contribution in [0.1, 0.15) is 70.3 Å². The third kappa shape index (κ3) is 2.85. The second-order valence-electron chi connectivity index (χ2n) is 7.92. The van der Waals surface area contributed by atoms with E-state index in [-0.39, 0.29) is 23.3 Å². The summed E-state index contributed by atoms with van der Waals surface area (Å²) in [4.78, 5) is 27.0. The molecule has 4 aromatic rings. The molecule has 4 aromatic heterocycles. The van der Waals surface area contributed by atoms with Crippen LogP contribution in [0.15, 0.2) is 41.4 Å².